The lowest BCUT2D eigenvalue weighted by Gasteiger charge is -2.18. The molecule has 1 aromatic rings. The summed E-state index contributed by atoms with van der Waals surface area (Å²) in [6.45, 7) is 3.21. The molecule has 0 fully saturated rings. The predicted molar refractivity (Wildman–Crippen MR) is 80.5 cm³/mol. The van der Waals surface area contributed by atoms with Gasteiger partial charge in [0.15, 0.2) is 0 Å². The maximum Gasteiger partial charge on any atom is 0.293 e. The van der Waals surface area contributed by atoms with Crippen LogP contribution in [-0.4, -0.2) is 35.9 Å². The number of amides is 1. The molecule has 8 nitrogen and oxygen atoms in total. The summed E-state index contributed by atoms with van der Waals surface area (Å²) >= 11 is 0. The largest absolute Gasteiger partial charge is 0.355 e. The molecule has 0 atom stereocenters. The van der Waals surface area contributed by atoms with Crippen molar-refractivity contribution in [2.75, 3.05) is 25.6 Å². The first kappa shape index (κ1) is 16.9. The van der Waals surface area contributed by atoms with Crippen molar-refractivity contribution in [1.82, 2.24) is 10.2 Å². The average molecular weight is 295 g/mol. The minimum absolute atomic E-state index is 0.0768. The Morgan fingerprint density at radius 3 is 2.76 bits per heavy atom. The number of carbonyl (C=O) groups is 1. The molecule has 8 heteroatoms. The normalized spacial score (nSPS) is 10.5. The summed E-state index contributed by atoms with van der Waals surface area (Å²) in [4.78, 5) is 23.9. The third-order valence-electron chi connectivity index (χ3n) is 2.90. The van der Waals surface area contributed by atoms with Gasteiger partial charge in [-0.3, -0.25) is 25.7 Å². The van der Waals surface area contributed by atoms with Crippen molar-refractivity contribution in [3.63, 3.8) is 0 Å². The third-order valence-corrected chi connectivity index (χ3v) is 2.90. The SMILES string of the molecule is CCCNC(=O)CN(C)Cc1cccc([N+](=O)[O-])c1NN. The van der Waals surface area contributed by atoms with E-state index in [1.807, 2.05) is 6.92 Å². The van der Waals surface area contributed by atoms with Gasteiger partial charge < -0.3 is 10.7 Å². The molecule has 4 N–H and O–H groups in total. The molecular weight excluding hydrogens is 274 g/mol. The van der Waals surface area contributed by atoms with Crippen molar-refractivity contribution >= 4 is 17.3 Å². The van der Waals surface area contributed by atoms with Crippen molar-refractivity contribution in [2.24, 2.45) is 5.84 Å². The molecule has 116 valence electrons. The highest BCUT2D eigenvalue weighted by atomic mass is 16.6. The molecule has 0 radical (unpaired) electrons. The van der Waals surface area contributed by atoms with Crippen LogP contribution in [0.1, 0.15) is 18.9 Å². The van der Waals surface area contributed by atoms with Crippen LogP contribution in [0.2, 0.25) is 0 Å². The Balaban J connectivity index is 2.76. The smallest absolute Gasteiger partial charge is 0.293 e. The predicted octanol–water partition coefficient (Wildman–Crippen LogP) is 0.838. The van der Waals surface area contributed by atoms with Crippen LogP contribution in [0, 0.1) is 10.1 Å². The first-order valence-corrected chi connectivity index (χ1v) is 6.67. The molecule has 0 bridgehead atoms. The number of hydrazine groups is 1. The van der Waals surface area contributed by atoms with Gasteiger partial charge >= 0.3 is 0 Å². The molecule has 0 spiro atoms. The van der Waals surface area contributed by atoms with E-state index < -0.39 is 4.92 Å². The van der Waals surface area contributed by atoms with Gasteiger partial charge in [0.25, 0.3) is 5.69 Å². The second kappa shape index (κ2) is 8.18. The van der Waals surface area contributed by atoms with E-state index in [1.54, 1.807) is 24.1 Å². The molecule has 0 aliphatic heterocycles. The number of rotatable bonds is 8. The monoisotopic (exact) mass is 295 g/mol. The van der Waals surface area contributed by atoms with Gasteiger partial charge in [0.1, 0.15) is 5.69 Å². The molecule has 21 heavy (non-hydrogen) atoms. The number of nitrogen functional groups attached to an aromatic ring is 1. The van der Waals surface area contributed by atoms with Crippen LogP contribution in [0.3, 0.4) is 0 Å². The number of anilines is 1. The first-order chi connectivity index (χ1) is 9.99. The van der Waals surface area contributed by atoms with Crippen LogP contribution >= 0.6 is 0 Å². The Labute approximate surface area is 123 Å². The zero-order chi connectivity index (χ0) is 15.8. The Morgan fingerprint density at radius 1 is 1.48 bits per heavy atom. The van der Waals surface area contributed by atoms with E-state index in [0.717, 1.165) is 6.42 Å². The highest BCUT2D eigenvalue weighted by molar-refractivity contribution is 5.78. The summed E-state index contributed by atoms with van der Waals surface area (Å²) in [7, 11) is 1.77. The summed E-state index contributed by atoms with van der Waals surface area (Å²) < 4.78 is 0. The number of benzene rings is 1. The van der Waals surface area contributed by atoms with Crippen LogP contribution < -0.4 is 16.6 Å². The standard InChI is InChI=1S/C13H21N5O3/c1-3-7-15-12(19)9-17(2)8-10-5-4-6-11(18(20)21)13(10)16-14/h4-6,16H,3,7-9,14H2,1-2H3,(H,15,19). The van der Waals surface area contributed by atoms with Gasteiger partial charge in [-0.2, -0.15) is 0 Å². The van der Waals surface area contributed by atoms with Crippen LogP contribution in [0.4, 0.5) is 11.4 Å². The molecule has 0 heterocycles. The number of nitro groups is 1. The summed E-state index contributed by atoms with van der Waals surface area (Å²) in [5.41, 5.74) is 3.22. The Bertz CT molecular complexity index is 507. The number of para-hydroxylation sites is 1. The molecule has 1 rings (SSSR count). The Hall–Kier alpha value is -2.19. The van der Waals surface area contributed by atoms with Crippen LogP contribution in [-0.2, 0) is 11.3 Å². The average Bonchev–Trinajstić information content (AvgIpc) is 2.44. The van der Waals surface area contributed by atoms with Crippen LogP contribution in [0.5, 0.6) is 0 Å². The maximum atomic E-state index is 11.6. The van der Waals surface area contributed by atoms with Gasteiger partial charge in [-0.25, -0.2) is 0 Å². The second-order valence-electron chi connectivity index (χ2n) is 4.73. The highest BCUT2D eigenvalue weighted by Gasteiger charge is 2.17. The zero-order valence-electron chi connectivity index (χ0n) is 12.3. The van der Waals surface area contributed by atoms with Crippen molar-refractivity contribution in [3.05, 3.63) is 33.9 Å². The second-order valence-corrected chi connectivity index (χ2v) is 4.73. The molecule has 0 aliphatic rings. The maximum absolute atomic E-state index is 11.6. The number of nitrogens with two attached hydrogens (primary N) is 1. The molecule has 0 aromatic heterocycles. The number of nitrogens with zero attached hydrogens (tertiary/aromatic N) is 2. The Kier molecular flexibility index (Phi) is 6.57. The molecule has 0 aliphatic carbocycles. The number of carbonyl (C=O) groups excluding carboxylic acids is 1. The molecule has 1 amide bonds. The van der Waals surface area contributed by atoms with Gasteiger partial charge in [0.05, 0.1) is 11.5 Å². The lowest BCUT2D eigenvalue weighted by atomic mass is 10.1. The highest BCUT2D eigenvalue weighted by Crippen LogP contribution is 2.27. The number of hydrogen-bond donors (Lipinski definition) is 3. The zero-order valence-corrected chi connectivity index (χ0v) is 12.3. The Morgan fingerprint density at radius 2 is 2.19 bits per heavy atom. The van der Waals surface area contributed by atoms with Crippen molar-refractivity contribution < 1.29 is 9.72 Å². The van der Waals surface area contributed by atoms with E-state index in [1.165, 1.54) is 6.07 Å². The van der Waals surface area contributed by atoms with E-state index in [2.05, 4.69) is 10.7 Å². The third kappa shape index (κ3) is 5.01. The van der Waals surface area contributed by atoms with Crippen molar-refractivity contribution in [3.8, 4) is 0 Å². The fraction of sp³-hybridized carbons (Fsp3) is 0.462. The van der Waals surface area contributed by atoms with Gasteiger partial charge in [0, 0.05) is 19.2 Å². The summed E-state index contributed by atoms with van der Waals surface area (Å²) in [6.07, 6.45) is 0.877. The van der Waals surface area contributed by atoms with Gasteiger partial charge in [0.2, 0.25) is 5.91 Å². The fourth-order valence-corrected chi connectivity index (χ4v) is 1.95. The van der Waals surface area contributed by atoms with E-state index >= 15 is 0 Å². The minimum Gasteiger partial charge on any atom is -0.355 e. The quantitative estimate of drug-likeness (QED) is 0.372. The van der Waals surface area contributed by atoms with Gasteiger partial charge in [-0.05, 0) is 19.0 Å². The van der Waals surface area contributed by atoms with E-state index in [0.29, 0.717) is 18.7 Å². The topological polar surface area (TPSA) is 114 Å². The number of hydrogen-bond acceptors (Lipinski definition) is 6. The number of likely N-dealkylation sites (N-methyl/N-ethyl adjacent to an activating group) is 1. The summed E-state index contributed by atoms with van der Waals surface area (Å²) in [5, 5.41) is 13.7. The van der Waals surface area contributed by atoms with Crippen molar-refractivity contribution in [1.29, 1.82) is 0 Å². The van der Waals surface area contributed by atoms with Crippen molar-refractivity contribution in [2.45, 2.75) is 19.9 Å². The van der Waals surface area contributed by atoms with Gasteiger partial charge in [-0.15, -0.1) is 0 Å². The lowest BCUT2D eigenvalue weighted by Crippen LogP contribution is -2.35. The summed E-state index contributed by atoms with van der Waals surface area (Å²) in [5.74, 6) is 5.30. The molecule has 0 saturated carbocycles. The van der Waals surface area contributed by atoms with Crippen LogP contribution in [0.25, 0.3) is 0 Å². The van der Waals surface area contributed by atoms with Crippen LogP contribution in [0.15, 0.2) is 18.2 Å². The number of nitro benzene ring substituents is 1. The fourth-order valence-electron chi connectivity index (χ4n) is 1.95. The van der Waals surface area contributed by atoms with E-state index in [4.69, 9.17) is 5.84 Å². The molecule has 0 unspecified atom stereocenters. The number of nitrogens with one attached hydrogen (secondary N) is 2. The lowest BCUT2D eigenvalue weighted by molar-refractivity contribution is -0.384. The molecular formula is C13H21N5O3. The molecule has 1 aromatic carbocycles. The first-order valence-electron chi connectivity index (χ1n) is 6.67. The van der Waals surface area contributed by atoms with Gasteiger partial charge in [-0.1, -0.05) is 19.1 Å². The molecule has 0 saturated heterocycles. The minimum atomic E-state index is -0.493. The van der Waals surface area contributed by atoms with E-state index in [9.17, 15) is 14.9 Å². The van der Waals surface area contributed by atoms with E-state index in [-0.39, 0.29) is 23.8 Å². The summed E-state index contributed by atoms with van der Waals surface area (Å²) in [6, 6.07) is 4.72.